The highest BCUT2D eigenvalue weighted by atomic mass is 31.2. The molecule has 38 heavy (non-hydrogen) atoms. The minimum Gasteiger partial charge on any atom is -0.481 e. The molecule has 0 aliphatic heterocycles. The van der Waals surface area contributed by atoms with E-state index in [2.05, 4.69) is 30.3 Å². The summed E-state index contributed by atoms with van der Waals surface area (Å²) in [6.45, 7) is 2.21. The van der Waals surface area contributed by atoms with Gasteiger partial charge in [0.05, 0.1) is 6.04 Å². The number of unbranched alkanes of at least 4 members (excludes halogenated alkanes) is 11. The Morgan fingerprint density at radius 3 is 2.11 bits per heavy atom. The van der Waals surface area contributed by atoms with Gasteiger partial charge in [-0.05, 0) is 56.2 Å². The van der Waals surface area contributed by atoms with Crippen molar-refractivity contribution in [1.82, 2.24) is 5.32 Å². The molecule has 0 heterocycles. The van der Waals surface area contributed by atoms with Crippen LogP contribution in [0.4, 0.5) is 0 Å². The van der Waals surface area contributed by atoms with Crippen molar-refractivity contribution in [3.8, 4) is 18.1 Å². The molecule has 1 amide bonds. The van der Waals surface area contributed by atoms with Crippen LogP contribution in [-0.4, -0.2) is 39.8 Å². The Hall–Kier alpha value is -1.94. The number of amides is 1. The third kappa shape index (κ3) is 20.1. The van der Waals surface area contributed by atoms with Gasteiger partial charge < -0.3 is 10.1 Å². The van der Waals surface area contributed by atoms with E-state index in [1.54, 1.807) is 12.1 Å². The van der Waals surface area contributed by atoms with Gasteiger partial charge in [0.25, 0.3) is 0 Å². The SMILES string of the molecule is C#CCOc1ccc(CC(CO[P+](O)(O)O)NC(=O)CCCCCCC/C=C\CCCCCCCC)cc1. The van der Waals surface area contributed by atoms with Crippen LogP contribution in [0.25, 0.3) is 0 Å². The van der Waals surface area contributed by atoms with Gasteiger partial charge in [-0.2, -0.15) is 19.2 Å². The predicted molar refractivity (Wildman–Crippen MR) is 155 cm³/mol. The number of nitrogens with one attached hydrogen (secondary N) is 1. The van der Waals surface area contributed by atoms with E-state index in [1.165, 1.54) is 51.4 Å². The molecule has 0 aliphatic carbocycles. The first-order valence-electron chi connectivity index (χ1n) is 14.2. The van der Waals surface area contributed by atoms with E-state index in [0.29, 0.717) is 18.6 Å². The zero-order chi connectivity index (χ0) is 27.9. The molecule has 0 aromatic heterocycles. The Bertz CT molecular complexity index is 800. The quantitative estimate of drug-likeness (QED) is 0.0541. The maximum atomic E-state index is 12.5. The molecule has 0 saturated heterocycles. The largest absolute Gasteiger partial charge is 0.567 e. The molecule has 0 fully saturated rings. The number of hydrogen-bond acceptors (Lipinski definition) is 6. The average molecular weight is 551 g/mol. The fourth-order valence-electron chi connectivity index (χ4n) is 4.13. The van der Waals surface area contributed by atoms with E-state index in [9.17, 15) is 19.5 Å². The molecule has 0 aliphatic rings. The van der Waals surface area contributed by atoms with Gasteiger partial charge in [-0.1, -0.05) is 88.5 Å². The van der Waals surface area contributed by atoms with Crippen molar-refractivity contribution in [3.63, 3.8) is 0 Å². The second-order valence-electron chi connectivity index (χ2n) is 9.75. The van der Waals surface area contributed by atoms with Gasteiger partial charge in [0.15, 0.2) is 0 Å². The molecule has 214 valence electrons. The lowest BCUT2D eigenvalue weighted by Crippen LogP contribution is -2.39. The zero-order valence-corrected chi connectivity index (χ0v) is 24.0. The summed E-state index contributed by atoms with van der Waals surface area (Å²) >= 11 is 0. The zero-order valence-electron chi connectivity index (χ0n) is 23.2. The molecular weight excluding hydrogens is 501 g/mol. The summed E-state index contributed by atoms with van der Waals surface area (Å²) in [5, 5.41) is 2.89. The first kappa shape index (κ1) is 34.1. The molecule has 1 aromatic carbocycles. The van der Waals surface area contributed by atoms with E-state index in [4.69, 9.17) is 15.7 Å². The number of hydrogen-bond donors (Lipinski definition) is 4. The normalized spacial score (nSPS) is 12.4. The molecule has 0 saturated carbocycles. The number of rotatable bonds is 23. The van der Waals surface area contributed by atoms with E-state index >= 15 is 0 Å². The molecule has 0 spiro atoms. The first-order chi connectivity index (χ1) is 18.3. The molecule has 0 bridgehead atoms. The van der Waals surface area contributed by atoms with Crippen LogP contribution in [0.3, 0.4) is 0 Å². The maximum absolute atomic E-state index is 12.5. The Morgan fingerprint density at radius 2 is 1.53 bits per heavy atom. The van der Waals surface area contributed by atoms with Crippen LogP contribution in [0.1, 0.15) is 102 Å². The Labute approximate surface area is 230 Å². The molecular formula is C30H49NO6P+. The minimum atomic E-state index is -4.39. The molecule has 1 unspecified atom stereocenters. The third-order valence-electron chi connectivity index (χ3n) is 6.21. The van der Waals surface area contributed by atoms with Gasteiger partial charge in [-0.15, -0.1) is 6.42 Å². The summed E-state index contributed by atoms with van der Waals surface area (Å²) in [5.74, 6) is 2.92. The van der Waals surface area contributed by atoms with Crippen LogP contribution < -0.4 is 10.1 Å². The molecule has 4 N–H and O–H groups in total. The second kappa shape index (κ2) is 21.9. The summed E-state index contributed by atoms with van der Waals surface area (Å²) < 4.78 is 10.1. The topological polar surface area (TPSA) is 108 Å². The van der Waals surface area contributed by atoms with Gasteiger partial charge >= 0.3 is 8.17 Å². The van der Waals surface area contributed by atoms with Crippen molar-refractivity contribution >= 4 is 14.1 Å². The van der Waals surface area contributed by atoms with Crippen LogP contribution in [0, 0.1) is 12.3 Å². The number of carbonyl (C=O) groups is 1. The van der Waals surface area contributed by atoms with E-state index < -0.39 is 14.2 Å². The summed E-state index contributed by atoms with van der Waals surface area (Å²) in [6, 6.07) is 6.72. The monoisotopic (exact) mass is 550 g/mol. The Kier molecular flexibility index (Phi) is 19.7. The molecule has 1 atom stereocenters. The molecule has 7 nitrogen and oxygen atoms in total. The summed E-state index contributed by atoms with van der Waals surface area (Å²) in [4.78, 5) is 40.0. The van der Waals surface area contributed by atoms with Crippen LogP contribution >= 0.6 is 8.17 Å². The van der Waals surface area contributed by atoms with Crippen molar-refractivity contribution in [2.45, 2.75) is 109 Å². The maximum Gasteiger partial charge on any atom is 0.567 e. The van der Waals surface area contributed by atoms with Gasteiger partial charge in [0, 0.05) is 6.42 Å². The number of ether oxygens (including phenoxy) is 1. The number of allylic oxidation sites excluding steroid dienone is 2. The number of benzene rings is 1. The van der Waals surface area contributed by atoms with E-state index in [0.717, 1.165) is 37.7 Å². The standard InChI is InChI=1S/C30H48NO6P/c1-3-5-6-7-8-9-10-11-12-13-14-15-16-17-18-19-30(32)31-28(26-37-38(33,34)35)25-27-20-22-29(23-21-27)36-24-4-2/h2,11-12,20-23,28,33-35H,3,5-10,13-19,24-26H2,1H3/p+1/b12-11-. The lowest BCUT2D eigenvalue weighted by molar-refractivity contribution is -0.122. The lowest BCUT2D eigenvalue weighted by Gasteiger charge is -2.18. The van der Waals surface area contributed by atoms with Crippen molar-refractivity contribution in [1.29, 1.82) is 0 Å². The summed E-state index contributed by atoms with van der Waals surface area (Å²) in [7, 11) is -4.39. The molecule has 8 heteroatoms. The van der Waals surface area contributed by atoms with Crippen LogP contribution in [0.2, 0.25) is 0 Å². The average Bonchev–Trinajstić information content (AvgIpc) is 2.88. The highest BCUT2D eigenvalue weighted by Gasteiger charge is 2.34. The molecule has 0 radical (unpaired) electrons. The van der Waals surface area contributed by atoms with Gasteiger partial charge in [-0.25, -0.2) is 0 Å². The van der Waals surface area contributed by atoms with Crippen LogP contribution in [0.15, 0.2) is 36.4 Å². The number of carbonyl (C=O) groups excluding carboxylic acids is 1. The summed E-state index contributed by atoms with van der Waals surface area (Å²) in [5.41, 5.74) is 0.894. The van der Waals surface area contributed by atoms with Crippen molar-refractivity contribution < 1.29 is 28.7 Å². The van der Waals surface area contributed by atoms with Crippen molar-refractivity contribution in [3.05, 3.63) is 42.0 Å². The van der Waals surface area contributed by atoms with E-state index in [1.807, 2.05) is 12.1 Å². The highest BCUT2D eigenvalue weighted by molar-refractivity contribution is 7.53. The summed E-state index contributed by atoms with van der Waals surface area (Å²) in [6.07, 6.45) is 26.2. The van der Waals surface area contributed by atoms with Gasteiger partial charge in [-0.3, -0.25) is 4.79 Å². The predicted octanol–water partition coefficient (Wildman–Crippen LogP) is 6.43. The lowest BCUT2D eigenvalue weighted by atomic mass is 10.1. The molecule has 1 aromatic rings. The molecule has 1 rings (SSSR count). The third-order valence-corrected chi connectivity index (χ3v) is 6.70. The first-order valence-corrected chi connectivity index (χ1v) is 15.7. The number of terminal acetylenes is 1. The van der Waals surface area contributed by atoms with Crippen LogP contribution in [-0.2, 0) is 15.7 Å². The Morgan fingerprint density at radius 1 is 0.947 bits per heavy atom. The Balaban J connectivity index is 2.24. The fraction of sp³-hybridized carbons (Fsp3) is 0.633. The van der Waals surface area contributed by atoms with Gasteiger partial charge in [0.1, 0.15) is 19.0 Å². The smallest absolute Gasteiger partial charge is 0.481 e. The second-order valence-corrected chi connectivity index (χ2v) is 11.0. The van der Waals surface area contributed by atoms with Crippen LogP contribution in [0.5, 0.6) is 5.75 Å². The minimum absolute atomic E-state index is 0.122. The highest BCUT2D eigenvalue weighted by Crippen LogP contribution is 2.45. The van der Waals surface area contributed by atoms with E-state index in [-0.39, 0.29) is 19.1 Å². The van der Waals surface area contributed by atoms with Crippen molar-refractivity contribution in [2.75, 3.05) is 13.2 Å². The van der Waals surface area contributed by atoms with Crippen molar-refractivity contribution in [2.24, 2.45) is 0 Å². The van der Waals surface area contributed by atoms with Gasteiger partial charge in [0.2, 0.25) is 5.91 Å². The fourth-order valence-corrected chi connectivity index (χ4v) is 4.51.